The molecule has 0 amide bonds. The predicted octanol–water partition coefficient (Wildman–Crippen LogP) is 2.72. The maximum Gasteiger partial charge on any atom is 0.461 e. The van der Waals surface area contributed by atoms with Gasteiger partial charge in [-0.25, -0.2) is 0 Å². The summed E-state index contributed by atoms with van der Waals surface area (Å²) in [5.41, 5.74) is 0. The molecule has 4 nitrogen and oxygen atoms in total. The van der Waals surface area contributed by atoms with E-state index in [0.717, 1.165) is 12.6 Å². The van der Waals surface area contributed by atoms with Crippen LogP contribution < -0.4 is 0 Å². The van der Waals surface area contributed by atoms with Gasteiger partial charge in [-0.2, -0.15) is 0 Å². The van der Waals surface area contributed by atoms with E-state index in [1.807, 2.05) is 27.7 Å². The van der Waals surface area contributed by atoms with Gasteiger partial charge in [-0.05, 0) is 13.8 Å². The molecule has 0 aromatic rings. The number of allylic oxidation sites excluding steroid dienone is 2. The largest absolute Gasteiger partial charge is 0.461 e. The van der Waals surface area contributed by atoms with Gasteiger partial charge in [-0.3, -0.25) is 0 Å². The number of hydrogen-bond donors (Lipinski definition) is 0. The van der Waals surface area contributed by atoms with Crippen LogP contribution in [0.25, 0.3) is 0 Å². The number of rotatable bonds is 0. The van der Waals surface area contributed by atoms with Gasteiger partial charge >= 0.3 is 14.2 Å². The van der Waals surface area contributed by atoms with Crippen LogP contribution in [0.15, 0.2) is 24.3 Å². The Balaban J connectivity index is 0.000000704. The molecule has 4 unspecified atom stereocenters. The summed E-state index contributed by atoms with van der Waals surface area (Å²) in [5, 5.41) is 0. The highest BCUT2D eigenvalue weighted by Crippen LogP contribution is 2.24. The maximum absolute atomic E-state index is 5.82. The van der Waals surface area contributed by atoms with Gasteiger partial charge in [0.15, 0.2) is 0 Å². The Hall–Kier alpha value is -0.550. The lowest BCUT2D eigenvalue weighted by Gasteiger charge is -2.09. The normalized spacial score (nSPS) is 39.4. The standard InChI is InChI=1S/C12H18B2O4.C2H6/c1-9-11-5-3-8-14-16-10(2)12(18-14)6-4-7-13(15-9)17-11;1-2/h3-6,9-12H,7-8H2,1-2H3;1-2H3/b5-3+,6-4+;. The third kappa shape index (κ3) is 3.76. The summed E-state index contributed by atoms with van der Waals surface area (Å²) in [6.45, 7) is 8.08. The number of fused-ring (bicyclic) bond motifs is 4. The van der Waals surface area contributed by atoms with Gasteiger partial charge in [0.1, 0.15) is 0 Å². The molecule has 3 heterocycles. The van der Waals surface area contributed by atoms with Gasteiger partial charge in [0.2, 0.25) is 0 Å². The molecule has 0 saturated carbocycles. The average Bonchev–Trinajstić information content (AvgIpc) is 2.96. The second-order valence-electron chi connectivity index (χ2n) is 5.07. The van der Waals surface area contributed by atoms with Crippen LogP contribution in [-0.2, 0) is 18.6 Å². The summed E-state index contributed by atoms with van der Waals surface area (Å²) in [7, 11) is -0.280. The van der Waals surface area contributed by atoms with Crippen molar-refractivity contribution in [3.05, 3.63) is 24.3 Å². The van der Waals surface area contributed by atoms with Crippen LogP contribution >= 0.6 is 0 Å². The Labute approximate surface area is 122 Å². The lowest BCUT2D eigenvalue weighted by molar-refractivity contribution is 0.209. The van der Waals surface area contributed by atoms with Crippen LogP contribution in [0.3, 0.4) is 0 Å². The summed E-state index contributed by atoms with van der Waals surface area (Å²) < 4.78 is 23.1. The van der Waals surface area contributed by atoms with Crippen molar-refractivity contribution in [1.82, 2.24) is 0 Å². The molecule has 110 valence electrons. The fourth-order valence-electron chi connectivity index (χ4n) is 2.54. The minimum absolute atomic E-state index is 0.0393. The summed E-state index contributed by atoms with van der Waals surface area (Å²) in [6, 6.07) is 0. The molecule has 0 N–H and O–H groups in total. The van der Waals surface area contributed by atoms with Crippen molar-refractivity contribution in [1.29, 1.82) is 0 Å². The molecule has 3 aliphatic heterocycles. The summed E-state index contributed by atoms with van der Waals surface area (Å²) in [6.07, 6.45) is 10.1. The fourth-order valence-corrected chi connectivity index (χ4v) is 2.54. The van der Waals surface area contributed by atoms with E-state index in [1.54, 1.807) is 0 Å². The molecule has 0 spiro atoms. The van der Waals surface area contributed by atoms with E-state index in [-0.39, 0.29) is 38.7 Å². The lowest BCUT2D eigenvalue weighted by Crippen LogP contribution is -2.18. The highest BCUT2D eigenvalue weighted by molar-refractivity contribution is 6.46. The third-order valence-corrected chi connectivity index (χ3v) is 3.58. The first-order chi connectivity index (χ1) is 9.72. The van der Waals surface area contributed by atoms with Crippen LogP contribution in [0.2, 0.25) is 12.6 Å². The zero-order chi connectivity index (χ0) is 14.5. The van der Waals surface area contributed by atoms with Crippen LogP contribution in [0.4, 0.5) is 0 Å². The van der Waals surface area contributed by atoms with Gasteiger partial charge < -0.3 is 18.6 Å². The molecule has 0 aliphatic carbocycles. The molecule has 20 heavy (non-hydrogen) atoms. The summed E-state index contributed by atoms with van der Waals surface area (Å²) >= 11 is 0. The topological polar surface area (TPSA) is 36.9 Å². The molecule has 0 aromatic heterocycles. The zero-order valence-corrected chi connectivity index (χ0v) is 12.8. The zero-order valence-electron chi connectivity index (χ0n) is 12.8. The Morgan fingerprint density at radius 1 is 0.750 bits per heavy atom. The van der Waals surface area contributed by atoms with Crippen molar-refractivity contribution in [2.45, 2.75) is 64.8 Å². The van der Waals surface area contributed by atoms with Crippen molar-refractivity contribution >= 4 is 14.2 Å². The molecule has 2 saturated heterocycles. The number of hydrogen-bond acceptors (Lipinski definition) is 4. The molecular formula is C14H24B2O4. The molecule has 3 rings (SSSR count). The monoisotopic (exact) mass is 278 g/mol. The second-order valence-corrected chi connectivity index (χ2v) is 5.07. The lowest BCUT2D eigenvalue weighted by atomic mass is 9.84. The van der Waals surface area contributed by atoms with Crippen molar-refractivity contribution in [3.8, 4) is 0 Å². The van der Waals surface area contributed by atoms with Gasteiger partial charge in [0.05, 0.1) is 24.4 Å². The van der Waals surface area contributed by atoms with Crippen molar-refractivity contribution in [2.24, 2.45) is 0 Å². The quantitative estimate of drug-likeness (QED) is 0.504. The minimum atomic E-state index is -0.140. The van der Waals surface area contributed by atoms with E-state index in [0.29, 0.717) is 0 Å². The Bertz CT molecular complexity index is 327. The van der Waals surface area contributed by atoms with E-state index < -0.39 is 0 Å². The predicted molar refractivity (Wildman–Crippen MR) is 81.6 cm³/mol. The molecule has 2 fully saturated rings. The van der Waals surface area contributed by atoms with Gasteiger partial charge in [-0.15, -0.1) is 0 Å². The Morgan fingerprint density at radius 3 is 1.55 bits per heavy atom. The first kappa shape index (κ1) is 15.8. The molecule has 0 radical (unpaired) electrons. The van der Waals surface area contributed by atoms with Crippen LogP contribution in [0.1, 0.15) is 27.7 Å². The van der Waals surface area contributed by atoms with E-state index in [4.69, 9.17) is 18.6 Å². The first-order valence-corrected chi connectivity index (χ1v) is 7.67. The van der Waals surface area contributed by atoms with Crippen LogP contribution in [0, 0.1) is 0 Å². The fraction of sp³-hybridized carbons (Fsp3) is 0.714. The highest BCUT2D eigenvalue weighted by Gasteiger charge is 2.37. The van der Waals surface area contributed by atoms with Crippen molar-refractivity contribution in [2.75, 3.05) is 0 Å². The van der Waals surface area contributed by atoms with E-state index >= 15 is 0 Å². The molecular weight excluding hydrogens is 254 g/mol. The smallest absolute Gasteiger partial charge is 0.405 e. The van der Waals surface area contributed by atoms with E-state index in [9.17, 15) is 0 Å². The van der Waals surface area contributed by atoms with Crippen molar-refractivity contribution in [3.63, 3.8) is 0 Å². The SMILES string of the molecule is CC.CC1OB2C/C=C/C3OB(C/C=C/C1O2)OC3C. The Kier molecular flexibility index (Phi) is 5.90. The molecule has 4 atom stereocenters. The molecule has 0 aromatic carbocycles. The second kappa shape index (κ2) is 7.46. The van der Waals surface area contributed by atoms with Gasteiger partial charge in [-0.1, -0.05) is 38.2 Å². The first-order valence-electron chi connectivity index (χ1n) is 7.67. The molecule has 4 bridgehead atoms. The van der Waals surface area contributed by atoms with Gasteiger partial charge in [0, 0.05) is 12.6 Å². The summed E-state index contributed by atoms with van der Waals surface area (Å²) in [4.78, 5) is 0. The molecule has 6 heteroatoms. The van der Waals surface area contributed by atoms with E-state index in [1.165, 1.54) is 0 Å². The maximum atomic E-state index is 5.82. The summed E-state index contributed by atoms with van der Waals surface area (Å²) in [5.74, 6) is 0. The average molecular weight is 278 g/mol. The van der Waals surface area contributed by atoms with Crippen LogP contribution in [0.5, 0.6) is 0 Å². The Morgan fingerprint density at radius 2 is 1.15 bits per heavy atom. The highest BCUT2D eigenvalue weighted by atomic mass is 16.7. The van der Waals surface area contributed by atoms with E-state index in [2.05, 4.69) is 24.3 Å². The van der Waals surface area contributed by atoms with Gasteiger partial charge in [0.25, 0.3) is 0 Å². The van der Waals surface area contributed by atoms with Crippen molar-refractivity contribution < 1.29 is 18.6 Å². The van der Waals surface area contributed by atoms with Crippen LogP contribution in [-0.4, -0.2) is 38.7 Å². The molecule has 3 aliphatic rings. The third-order valence-electron chi connectivity index (χ3n) is 3.58. The minimum Gasteiger partial charge on any atom is -0.405 e.